The van der Waals surface area contributed by atoms with Crippen molar-refractivity contribution in [3.05, 3.63) is 256 Å². The summed E-state index contributed by atoms with van der Waals surface area (Å²) >= 11 is 0. The summed E-state index contributed by atoms with van der Waals surface area (Å²) in [5.74, 6) is 3.11. The van der Waals surface area contributed by atoms with Gasteiger partial charge in [-0.25, -0.2) is 0 Å². The van der Waals surface area contributed by atoms with Crippen LogP contribution in [0.3, 0.4) is 0 Å². The third kappa shape index (κ3) is 6.53. The summed E-state index contributed by atoms with van der Waals surface area (Å²) < 4.78 is 0. The predicted octanol–water partition coefficient (Wildman–Crippen LogP) is 19.8. The van der Waals surface area contributed by atoms with Gasteiger partial charge in [-0.3, -0.25) is 0 Å². The number of hydrogen-bond donors (Lipinski definition) is 0. The molecule has 0 unspecified atom stereocenters. The van der Waals surface area contributed by atoms with Gasteiger partial charge in [-0.1, -0.05) is 225 Å². The van der Waals surface area contributed by atoms with Crippen molar-refractivity contribution in [1.82, 2.24) is 0 Å². The van der Waals surface area contributed by atoms with Gasteiger partial charge in [-0.2, -0.15) is 0 Å². The smallest absolute Gasteiger partial charge is 0.0714 e. The molecular formula is C76H71N. The minimum atomic E-state index is -0.581. The van der Waals surface area contributed by atoms with E-state index in [1.54, 1.807) is 11.1 Å². The summed E-state index contributed by atoms with van der Waals surface area (Å²) in [5, 5.41) is 0. The molecule has 0 heterocycles. The van der Waals surface area contributed by atoms with E-state index < -0.39 is 5.41 Å². The molecule has 16 rings (SSSR count). The summed E-state index contributed by atoms with van der Waals surface area (Å²) in [5.41, 5.74) is 27.7. The fourth-order valence-corrected chi connectivity index (χ4v) is 17.3. The van der Waals surface area contributed by atoms with E-state index in [0.717, 1.165) is 11.8 Å². The zero-order valence-corrected chi connectivity index (χ0v) is 46.3. The summed E-state index contributed by atoms with van der Waals surface area (Å²) in [4.78, 5) is 2.66. The first-order chi connectivity index (χ1) is 37.2. The monoisotopic (exact) mass is 998 g/mol. The maximum atomic E-state index is 2.70. The average Bonchev–Trinajstić information content (AvgIpc) is 4.07. The Kier molecular flexibility index (Phi) is 10.0. The highest BCUT2D eigenvalue weighted by Crippen LogP contribution is 2.70. The van der Waals surface area contributed by atoms with E-state index in [1.165, 1.54) is 138 Å². The lowest BCUT2D eigenvalue weighted by atomic mass is 9.43. The van der Waals surface area contributed by atoms with Crippen LogP contribution in [-0.4, -0.2) is 0 Å². The Labute approximate surface area is 458 Å². The molecule has 0 saturated heterocycles. The van der Waals surface area contributed by atoms with E-state index >= 15 is 0 Å². The molecule has 0 N–H and O–H groups in total. The minimum absolute atomic E-state index is 0.0301. The molecule has 0 atom stereocenters. The molecule has 1 nitrogen and oxygen atoms in total. The molecule has 9 aromatic carbocycles. The Morgan fingerprint density at radius 3 is 1.52 bits per heavy atom. The summed E-state index contributed by atoms with van der Waals surface area (Å²) in [7, 11) is 0. The van der Waals surface area contributed by atoms with Gasteiger partial charge in [-0.15, -0.1) is 0 Å². The first-order valence-corrected chi connectivity index (χ1v) is 29.0. The highest BCUT2D eigenvalue weighted by Gasteiger charge is 2.62. The first kappa shape index (κ1) is 47.0. The molecule has 380 valence electrons. The van der Waals surface area contributed by atoms with Crippen molar-refractivity contribution in [3.8, 4) is 44.5 Å². The van der Waals surface area contributed by atoms with Crippen LogP contribution in [-0.2, 0) is 27.1 Å². The van der Waals surface area contributed by atoms with Crippen molar-refractivity contribution in [1.29, 1.82) is 0 Å². The topological polar surface area (TPSA) is 3.24 Å². The molecule has 4 fully saturated rings. The van der Waals surface area contributed by atoms with Gasteiger partial charge >= 0.3 is 0 Å². The Morgan fingerprint density at radius 2 is 0.883 bits per heavy atom. The number of anilines is 3. The number of benzene rings is 9. The van der Waals surface area contributed by atoms with Crippen LogP contribution < -0.4 is 4.90 Å². The average molecular weight is 998 g/mol. The van der Waals surface area contributed by atoms with Crippen LogP contribution in [0.1, 0.15) is 143 Å². The van der Waals surface area contributed by atoms with Crippen LogP contribution in [0.4, 0.5) is 17.1 Å². The Bertz CT molecular complexity index is 3800. The number of rotatable bonds is 6. The van der Waals surface area contributed by atoms with Crippen molar-refractivity contribution < 1.29 is 0 Å². The van der Waals surface area contributed by atoms with E-state index in [-0.39, 0.29) is 21.7 Å². The molecule has 0 amide bonds. The van der Waals surface area contributed by atoms with Gasteiger partial charge in [0.15, 0.2) is 0 Å². The molecule has 4 bridgehead atoms. The van der Waals surface area contributed by atoms with Crippen molar-refractivity contribution in [2.24, 2.45) is 23.7 Å². The fraction of sp³-hybridized carbons (Fsp3) is 0.289. The molecule has 0 aromatic heterocycles. The first-order valence-electron chi connectivity index (χ1n) is 29.0. The van der Waals surface area contributed by atoms with E-state index in [1.807, 2.05) is 0 Å². The highest BCUT2D eigenvalue weighted by atomic mass is 15.1. The fourth-order valence-electron chi connectivity index (χ4n) is 17.3. The Hall–Kier alpha value is -7.22. The lowest BCUT2D eigenvalue weighted by Crippen LogP contribution is -2.55. The van der Waals surface area contributed by atoms with Gasteiger partial charge in [0.1, 0.15) is 0 Å². The molecule has 7 aliphatic carbocycles. The second-order valence-electron chi connectivity index (χ2n) is 26.9. The van der Waals surface area contributed by atoms with Crippen LogP contribution in [0, 0.1) is 23.7 Å². The number of hydrogen-bond acceptors (Lipinski definition) is 1. The van der Waals surface area contributed by atoms with Gasteiger partial charge in [0.05, 0.1) is 11.1 Å². The van der Waals surface area contributed by atoms with Crippen molar-refractivity contribution in [2.75, 3.05) is 4.90 Å². The van der Waals surface area contributed by atoms with E-state index in [2.05, 4.69) is 260 Å². The molecule has 0 radical (unpaired) electrons. The molecule has 0 aliphatic heterocycles. The van der Waals surface area contributed by atoms with Gasteiger partial charge in [-0.05, 0) is 192 Å². The molecule has 7 aliphatic rings. The lowest BCUT2D eigenvalue weighted by molar-refractivity contribution is -0.0399. The Morgan fingerprint density at radius 1 is 0.390 bits per heavy atom. The quantitative estimate of drug-likeness (QED) is 0.160. The van der Waals surface area contributed by atoms with E-state index in [0.29, 0.717) is 11.8 Å². The van der Waals surface area contributed by atoms with Gasteiger partial charge in [0, 0.05) is 27.8 Å². The summed E-state index contributed by atoms with van der Waals surface area (Å²) in [6.07, 6.45) is 6.89. The maximum Gasteiger partial charge on any atom is 0.0714 e. The highest BCUT2D eigenvalue weighted by molar-refractivity contribution is 5.99. The zero-order valence-electron chi connectivity index (χ0n) is 46.3. The summed E-state index contributed by atoms with van der Waals surface area (Å²) in [6, 6.07) is 78.8. The minimum Gasteiger partial charge on any atom is -0.310 e. The maximum absolute atomic E-state index is 2.70. The molecule has 1 heteroatoms. The van der Waals surface area contributed by atoms with Crippen molar-refractivity contribution in [3.63, 3.8) is 0 Å². The third-order valence-corrected chi connectivity index (χ3v) is 20.4. The second kappa shape index (κ2) is 16.4. The Balaban J connectivity index is 0.984. The SMILES string of the molecule is CC(C)(C)c1cccc(C2(c3cccc(C(C)(C)C)c3)c3ccccc3-c3c(N(c4ccc(-c5cccc6c5C(C)(C)c5ccccc5-6)cc4)c4ccc5c(c4)C4(c6ccccc6-5)C5CC6CC(C5)CC4C6)cccc32)c1. The molecule has 4 saturated carbocycles. The molecule has 77 heavy (non-hydrogen) atoms. The van der Waals surface area contributed by atoms with E-state index in [4.69, 9.17) is 0 Å². The van der Waals surface area contributed by atoms with Gasteiger partial charge in [0.2, 0.25) is 0 Å². The van der Waals surface area contributed by atoms with Gasteiger partial charge < -0.3 is 4.90 Å². The number of nitrogens with zero attached hydrogens (tertiary/aromatic N) is 1. The predicted molar refractivity (Wildman–Crippen MR) is 322 cm³/mol. The molecule has 1 spiro atoms. The normalized spacial score (nSPS) is 22.3. The lowest BCUT2D eigenvalue weighted by Gasteiger charge is -2.61. The van der Waals surface area contributed by atoms with E-state index in [9.17, 15) is 0 Å². The van der Waals surface area contributed by atoms with Crippen LogP contribution in [0.25, 0.3) is 44.5 Å². The van der Waals surface area contributed by atoms with Gasteiger partial charge in [0.25, 0.3) is 0 Å². The largest absolute Gasteiger partial charge is 0.310 e. The standard InChI is InChI=1S/C76H71N/c1-72(2,3)50-19-15-21-52(44-50)75(53-22-16-20-51(45-53)73(4,5)6)66-30-14-11-25-63(66)70-67(75)31-18-32-69(70)77(56-35-33-49(34-36-56)58-26-17-27-62-60-24-9-12-28-64(60)74(7,8)71(58)62)57-37-38-61-59-23-10-13-29-65(59)76(68(61)46-57)54-40-47-39-48(42-54)43-55(76)41-47/h9-38,44-48,54-55H,39-43H2,1-8H3. The van der Waals surface area contributed by atoms with Crippen molar-refractivity contribution in [2.45, 2.75) is 115 Å². The van der Waals surface area contributed by atoms with Crippen molar-refractivity contribution >= 4 is 17.1 Å². The summed E-state index contributed by atoms with van der Waals surface area (Å²) in [6.45, 7) is 18.9. The van der Waals surface area contributed by atoms with Crippen LogP contribution in [0.5, 0.6) is 0 Å². The van der Waals surface area contributed by atoms with Crippen LogP contribution >= 0.6 is 0 Å². The van der Waals surface area contributed by atoms with Crippen LogP contribution in [0.2, 0.25) is 0 Å². The third-order valence-electron chi connectivity index (χ3n) is 20.4. The van der Waals surface area contributed by atoms with Crippen LogP contribution in [0.15, 0.2) is 200 Å². The molecule has 9 aromatic rings. The second-order valence-corrected chi connectivity index (χ2v) is 26.9. The number of fused-ring (bicyclic) bond motifs is 9. The zero-order chi connectivity index (χ0) is 52.4. The molecular weight excluding hydrogens is 927 g/mol.